The van der Waals surface area contributed by atoms with Crippen molar-refractivity contribution in [1.82, 2.24) is 15.5 Å². The van der Waals surface area contributed by atoms with Gasteiger partial charge in [0.1, 0.15) is 18.1 Å². The summed E-state index contributed by atoms with van der Waals surface area (Å²) in [6.45, 7) is 3.71. The lowest BCUT2D eigenvalue weighted by Crippen LogP contribution is -2.58. The lowest BCUT2D eigenvalue weighted by molar-refractivity contribution is -0.148. The van der Waals surface area contributed by atoms with E-state index in [2.05, 4.69) is 23.3 Å². The zero-order valence-corrected chi connectivity index (χ0v) is 17.2. The molecule has 0 aromatic heterocycles. The van der Waals surface area contributed by atoms with Gasteiger partial charge in [0.2, 0.25) is 17.7 Å². The smallest absolute Gasteiger partial charge is 0.326 e. The molecule has 0 bridgehead atoms. The van der Waals surface area contributed by atoms with E-state index in [1.165, 1.54) is 4.90 Å². The molecule has 0 aliphatic carbocycles. The molecule has 4 atom stereocenters. The Morgan fingerprint density at radius 2 is 1.79 bits per heavy atom. The molecule has 1 saturated heterocycles. The van der Waals surface area contributed by atoms with E-state index in [0.717, 1.165) is 0 Å². The van der Waals surface area contributed by atoms with Crippen LogP contribution >= 0.6 is 12.6 Å². The van der Waals surface area contributed by atoms with Crippen molar-refractivity contribution < 1.29 is 34.2 Å². The van der Waals surface area contributed by atoms with E-state index < -0.39 is 60.2 Å². The number of rotatable bonds is 10. The van der Waals surface area contributed by atoms with Crippen LogP contribution < -0.4 is 16.4 Å². The van der Waals surface area contributed by atoms with Crippen molar-refractivity contribution in [3.63, 3.8) is 0 Å². The maximum absolute atomic E-state index is 13.0. The van der Waals surface area contributed by atoms with Crippen LogP contribution in [0.15, 0.2) is 0 Å². The van der Waals surface area contributed by atoms with Gasteiger partial charge in [-0.2, -0.15) is 12.6 Å². The molecule has 1 aliphatic heterocycles. The van der Waals surface area contributed by atoms with Crippen molar-refractivity contribution in [3.8, 4) is 0 Å². The summed E-state index contributed by atoms with van der Waals surface area (Å²) in [5.74, 6) is -4.82. The third-order valence-corrected chi connectivity index (χ3v) is 4.99. The summed E-state index contributed by atoms with van der Waals surface area (Å²) in [7, 11) is 0. The van der Waals surface area contributed by atoms with Crippen molar-refractivity contribution >= 4 is 42.3 Å². The number of carboxylic acids is 2. The molecule has 4 unspecified atom stereocenters. The van der Waals surface area contributed by atoms with Crippen molar-refractivity contribution in [3.05, 3.63) is 0 Å². The largest absolute Gasteiger partial charge is 0.481 e. The molecule has 11 nitrogen and oxygen atoms in total. The van der Waals surface area contributed by atoms with Gasteiger partial charge in [-0.05, 0) is 18.8 Å². The minimum Gasteiger partial charge on any atom is -0.481 e. The summed E-state index contributed by atoms with van der Waals surface area (Å²) in [6, 6.07) is -4.37. The Bertz CT molecular complexity index is 658. The van der Waals surface area contributed by atoms with E-state index in [-0.39, 0.29) is 18.2 Å². The van der Waals surface area contributed by atoms with E-state index in [1.54, 1.807) is 13.8 Å². The molecule has 1 fully saturated rings. The number of aliphatic carboxylic acids is 2. The quantitative estimate of drug-likeness (QED) is 0.224. The van der Waals surface area contributed by atoms with Crippen LogP contribution in [-0.4, -0.2) is 81.2 Å². The molecule has 12 heteroatoms. The van der Waals surface area contributed by atoms with E-state index in [1.807, 2.05) is 0 Å². The molecule has 29 heavy (non-hydrogen) atoms. The fraction of sp³-hybridized carbons (Fsp3) is 0.706. The summed E-state index contributed by atoms with van der Waals surface area (Å²) >= 11 is 3.96. The van der Waals surface area contributed by atoms with Crippen LogP contribution in [-0.2, 0) is 24.0 Å². The third-order valence-electron chi connectivity index (χ3n) is 4.60. The summed E-state index contributed by atoms with van der Waals surface area (Å²) in [6.07, 6.45) is 0.0232. The Morgan fingerprint density at radius 3 is 2.28 bits per heavy atom. The van der Waals surface area contributed by atoms with Crippen molar-refractivity contribution in [2.24, 2.45) is 11.7 Å². The van der Waals surface area contributed by atoms with Gasteiger partial charge in [-0.1, -0.05) is 13.8 Å². The fourth-order valence-electron chi connectivity index (χ4n) is 2.98. The molecule has 164 valence electrons. The first-order valence-electron chi connectivity index (χ1n) is 9.21. The van der Waals surface area contributed by atoms with Crippen LogP contribution in [0.4, 0.5) is 0 Å². The second-order valence-corrected chi connectivity index (χ2v) is 7.57. The Kier molecular flexibility index (Phi) is 9.37. The molecule has 3 amide bonds. The first-order chi connectivity index (χ1) is 13.5. The number of carbonyl (C=O) groups is 5. The molecular weight excluding hydrogens is 404 g/mol. The van der Waals surface area contributed by atoms with Gasteiger partial charge in [0.25, 0.3) is 0 Å². The zero-order valence-electron chi connectivity index (χ0n) is 16.3. The maximum Gasteiger partial charge on any atom is 0.326 e. The maximum atomic E-state index is 13.0. The van der Waals surface area contributed by atoms with E-state index in [0.29, 0.717) is 12.8 Å². The summed E-state index contributed by atoms with van der Waals surface area (Å²) in [5.41, 5.74) is 5.64. The topological polar surface area (TPSA) is 179 Å². The highest BCUT2D eigenvalue weighted by atomic mass is 32.1. The Hall–Kier alpha value is -2.34. The van der Waals surface area contributed by atoms with Crippen molar-refractivity contribution in [2.45, 2.75) is 57.3 Å². The normalized spacial score (nSPS) is 19.3. The third kappa shape index (κ3) is 6.89. The van der Waals surface area contributed by atoms with Crippen LogP contribution in [0.1, 0.15) is 33.1 Å². The van der Waals surface area contributed by atoms with Crippen LogP contribution in [0.5, 0.6) is 0 Å². The number of likely N-dealkylation sites (tertiary alicyclic amines) is 1. The van der Waals surface area contributed by atoms with Gasteiger partial charge in [0, 0.05) is 12.3 Å². The average molecular weight is 432 g/mol. The highest BCUT2D eigenvalue weighted by molar-refractivity contribution is 7.80. The first kappa shape index (κ1) is 24.7. The van der Waals surface area contributed by atoms with Gasteiger partial charge in [0.15, 0.2) is 0 Å². The number of nitrogens with two attached hydrogens (primary N) is 1. The van der Waals surface area contributed by atoms with Gasteiger partial charge in [-0.15, -0.1) is 0 Å². The number of hydrogen-bond acceptors (Lipinski definition) is 7. The number of nitrogens with one attached hydrogen (secondary N) is 2. The van der Waals surface area contributed by atoms with Crippen molar-refractivity contribution in [2.75, 3.05) is 12.3 Å². The first-order valence-corrected chi connectivity index (χ1v) is 9.85. The van der Waals surface area contributed by atoms with Crippen LogP contribution in [0.25, 0.3) is 0 Å². The number of nitrogens with zero attached hydrogens (tertiary/aromatic N) is 1. The number of hydrogen-bond donors (Lipinski definition) is 6. The Labute approximate surface area is 173 Å². The monoisotopic (exact) mass is 432 g/mol. The summed E-state index contributed by atoms with van der Waals surface area (Å²) in [4.78, 5) is 60.9. The molecule has 0 spiro atoms. The predicted molar refractivity (Wildman–Crippen MR) is 105 cm³/mol. The standard InChI is InChI=1S/C17H28N4O7S/c1-8(2)13(20-14(24)9(18)7-29)16(26)21-5-3-4-11(21)15(25)19-10(17(27)28)6-12(22)23/h8-11,13,29H,3-7,18H2,1-2H3,(H,19,25)(H,20,24)(H,22,23)(H,27,28). The predicted octanol–water partition coefficient (Wildman–Crippen LogP) is -1.58. The lowest BCUT2D eigenvalue weighted by Gasteiger charge is -2.31. The average Bonchev–Trinajstić information content (AvgIpc) is 3.13. The molecule has 6 N–H and O–H groups in total. The molecular formula is C17H28N4O7S. The fourth-order valence-corrected chi connectivity index (χ4v) is 3.15. The van der Waals surface area contributed by atoms with E-state index in [9.17, 15) is 24.0 Å². The van der Waals surface area contributed by atoms with Gasteiger partial charge in [-0.3, -0.25) is 19.2 Å². The second kappa shape index (κ2) is 11.0. The van der Waals surface area contributed by atoms with Gasteiger partial charge in [0.05, 0.1) is 12.5 Å². The van der Waals surface area contributed by atoms with Gasteiger partial charge in [-0.25, -0.2) is 4.79 Å². The molecule has 1 aliphatic rings. The van der Waals surface area contributed by atoms with Crippen LogP contribution in [0, 0.1) is 5.92 Å². The Balaban J connectivity index is 2.93. The highest BCUT2D eigenvalue weighted by Gasteiger charge is 2.40. The van der Waals surface area contributed by atoms with Gasteiger partial charge < -0.3 is 31.5 Å². The minimum absolute atomic E-state index is 0.0970. The number of carbonyl (C=O) groups excluding carboxylic acids is 3. The van der Waals surface area contributed by atoms with Crippen LogP contribution in [0.3, 0.4) is 0 Å². The molecule has 0 saturated carbocycles. The second-order valence-electron chi connectivity index (χ2n) is 7.21. The molecule has 0 aromatic carbocycles. The number of carboxylic acid groups (broad SMARTS) is 2. The van der Waals surface area contributed by atoms with E-state index >= 15 is 0 Å². The summed E-state index contributed by atoms with van der Waals surface area (Å²) < 4.78 is 0. The molecule has 1 rings (SSSR count). The number of thiol groups is 1. The van der Waals surface area contributed by atoms with Crippen LogP contribution in [0.2, 0.25) is 0 Å². The van der Waals surface area contributed by atoms with E-state index in [4.69, 9.17) is 15.9 Å². The zero-order chi connectivity index (χ0) is 22.3. The number of amides is 3. The lowest BCUT2D eigenvalue weighted by atomic mass is 10.0. The highest BCUT2D eigenvalue weighted by Crippen LogP contribution is 2.21. The Morgan fingerprint density at radius 1 is 1.17 bits per heavy atom. The molecule has 1 heterocycles. The summed E-state index contributed by atoms with van der Waals surface area (Å²) in [5, 5.41) is 22.7. The SMILES string of the molecule is CC(C)C(NC(=O)C(N)CS)C(=O)N1CCCC1C(=O)NC(CC(=O)O)C(=O)O. The van der Waals surface area contributed by atoms with Crippen molar-refractivity contribution in [1.29, 1.82) is 0 Å². The minimum atomic E-state index is -1.61. The molecule has 0 aromatic rings. The van der Waals surface area contributed by atoms with Gasteiger partial charge >= 0.3 is 11.9 Å². The molecule has 0 radical (unpaired) electrons.